The highest BCUT2D eigenvalue weighted by Crippen LogP contribution is 2.21. The Labute approximate surface area is 112 Å². The van der Waals surface area contributed by atoms with Crippen LogP contribution in [0.4, 0.5) is 0 Å². The maximum atomic E-state index is 11.7. The van der Waals surface area contributed by atoms with Crippen molar-refractivity contribution in [2.24, 2.45) is 7.05 Å². The molecule has 102 valence electrons. The Balaban J connectivity index is 1.93. The Morgan fingerprint density at radius 3 is 2.78 bits per heavy atom. The third-order valence-corrected chi connectivity index (χ3v) is 6.16. The topological polar surface area (TPSA) is 64.0 Å². The van der Waals surface area contributed by atoms with E-state index < -0.39 is 9.84 Å². The zero-order valence-corrected chi connectivity index (χ0v) is 12.2. The summed E-state index contributed by atoms with van der Waals surface area (Å²) in [5.41, 5.74) is 1.82. The van der Waals surface area contributed by atoms with Gasteiger partial charge in [0, 0.05) is 25.7 Å². The first kappa shape index (κ1) is 13.8. The van der Waals surface area contributed by atoms with Crippen LogP contribution in [0.15, 0.2) is 0 Å². The van der Waals surface area contributed by atoms with Gasteiger partial charge in [-0.3, -0.25) is 4.68 Å². The van der Waals surface area contributed by atoms with E-state index in [9.17, 15) is 8.42 Å². The Morgan fingerprint density at radius 1 is 1.56 bits per heavy atom. The molecule has 0 amide bonds. The molecule has 1 aromatic heterocycles. The molecule has 0 spiro atoms. The number of nitrogens with zero attached hydrogens (tertiary/aromatic N) is 2. The van der Waals surface area contributed by atoms with Crippen molar-refractivity contribution in [1.82, 2.24) is 15.1 Å². The van der Waals surface area contributed by atoms with Crippen molar-refractivity contribution in [3.05, 3.63) is 16.4 Å². The molecule has 18 heavy (non-hydrogen) atoms. The van der Waals surface area contributed by atoms with Crippen LogP contribution in [-0.2, 0) is 23.4 Å². The second kappa shape index (κ2) is 5.19. The van der Waals surface area contributed by atoms with E-state index in [1.165, 1.54) is 0 Å². The molecule has 1 aliphatic rings. The molecule has 1 saturated heterocycles. The fourth-order valence-corrected chi connectivity index (χ4v) is 4.36. The first-order valence-electron chi connectivity index (χ1n) is 6.02. The van der Waals surface area contributed by atoms with Crippen LogP contribution in [0.3, 0.4) is 0 Å². The average molecular weight is 292 g/mol. The molecule has 1 fully saturated rings. The van der Waals surface area contributed by atoms with Crippen molar-refractivity contribution in [2.45, 2.75) is 31.6 Å². The third kappa shape index (κ3) is 2.70. The van der Waals surface area contributed by atoms with Crippen molar-refractivity contribution >= 4 is 21.4 Å². The van der Waals surface area contributed by atoms with E-state index >= 15 is 0 Å². The summed E-state index contributed by atoms with van der Waals surface area (Å²) >= 11 is 6.11. The molecule has 7 heteroatoms. The fraction of sp³-hybridized carbons (Fsp3) is 0.727. The van der Waals surface area contributed by atoms with Crippen LogP contribution in [0.5, 0.6) is 0 Å². The monoisotopic (exact) mass is 291 g/mol. The number of aryl methyl sites for hydroxylation is 2. The minimum absolute atomic E-state index is 0.242. The lowest BCUT2D eigenvalue weighted by molar-refractivity contribution is 0.573. The van der Waals surface area contributed by atoms with E-state index in [4.69, 9.17) is 11.6 Å². The molecular formula is C11H18ClN3O2S. The highest BCUT2D eigenvalue weighted by molar-refractivity contribution is 7.92. The fourth-order valence-electron chi connectivity index (χ4n) is 2.32. The maximum absolute atomic E-state index is 11.7. The van der Waals surface area contributed by atoms with Gasteiger partial charge >= 0.3 is 0 Å². The molecule has 1 aliphatic heterocycles. The number of nitrogens with one attached hydrogen (secondary N) is 1. The number of halogens is 1. The average Bonchev–Trinajstić information content (AvgIpc) is 2.73. The minimum atomic E-state index is -2.87. The summed E-state index contributed by atoms with van der Waals surface area (Å²) in [4.78, 5) is 0. The van der Waals surface area contributed by atoms with E-state index in [1.807, 2.05) is 6.92 Å². The first-order chi connectivity index (χ1) is 8.42. The second-order valence-electron chi connectivity index (χ2n) is 4.74. The number of aromatic nitrogens is 2. The van der Waals surface area contributed by atoms with Gasteiger partial charge in [0.25, 0.3) is 0 Å². The standard InChI is InChI=1S/C11H18ClN3O2S/c1-8-10(11(12)15(2)14-8)7-13-6-9-4-3-5-18(9,16)17/h9,13H,3-7H2,1-2H3. The van der Waals surface area contributed by atoms with Gasteiger partial charge in [-0.2, -0.15) is 5.10 Å². The van der Waals surface area contributed by atoms with Gasteiger partial charge in [0.05, 0.1) is 16.7 Å². The zero-order chi connectivity index (χ0) is 13.3. The number of hydrogen-bond acceptors (Lipinski definition) is 4. The maximum Gasteiger partial charge on any atom is 0.154 e. The van der Waals surface area contributed by atoms with Crippen molar-refractivity contribution in [1.29, 1.82) is 0 Å². The highest BCUT2D eigenvalue weighted by atomic mass is 35.5. The van der Waals surface area contributed by atoms with Gasteiger partial charge in [-0.05, 0) is 19.8 Å². The van der Waals surface area contributed by atoms with Gasteiger partial charge in [-0.25, -0.2) is 8.42 Å². The number of hydrogen-bond donors (Lipinski definition) is 1. The van der Waals surface area contributed by atoms with Gasteiger partial charge < -0.3 is 5.32 Å². The summed E-state index contributed by atoms with van der Waals surface area (Å²) in [6, 6.07) is 0. The van der Waals surface area contributed by atoms with Crippen molar-refractivity contribution in [2.75, 3.05) is 12.3 Å². The van der Waals surface area contributed by atoms with Crippen molar-refractivity contribution in [3.8, 4) is 0 Å². The normalized spacial score (nSPS) is 22.5. The van der Waals surface area contributed by atoms with Crippen molar-refractivity contribution < 1.29 is 8.42 Å². The van der Waals surface area contributed by atoms with Gasteiger partial charge in [0.15, 0.2) is 9.84 Å². The second-order valence-corrected chi connectivity index (χ2v) is 7.50. The molecule has 0 aliphatic carbocycles. The Morgan fingerprint density at radius 2 is 2.28 bits per heavy atom. The molecule has 1 unspecified atom stereocenters. The lowest BCUT2D eigenvalue weighted by Gasteiger charge is -2.10. The smallest absolute Gasteiger partial charge is 0.154 e. The Hall–Kier alpha value is -0.590. The zero-order valence-electron chi connectivity index (χ0n) is 10.6. The SMILES string of the molecule is Cc1nn(C)c(Cl)c1CNCC1CCCS1(=O)=O. The highest BCUT2D eigenvalue weighted by Gasteiger charge is 2.30. The molecule has 5 nitrogen and oxygen atoms in total. The van der Waals surface area contributed by atoms with Gasteiger partial charge in [0.2, 0.25) is 0 Å². The Bertz CT molecular complexity index is 539. The summed E-state index contributed by atoms with van der Waals surface area (Å²) < 4.78 is 24.9. The summed E-state index contributed by atoms with van der Waals surface area (Å²) in [7, 11) is -1.08. The van der Waals surface area contributed by atoms with E-state index in [0.29, 0.717) is 24.0 Å². The third-order valence-electron chi connectivity index (χ3n) is 3.41. The summed E-state index contributed by atoms with van der Waals surface area (Å²) in [5, 5.41) is 7.76. The molecule has 2 rings (SSSR count). The molecule has 1 N–H and O–H groups in total. The molecule has 0 aromatic carbocycles. The first-order valence-corrected chi connectivity index (χ1v) is 8.11. The quantitative estimate of drug-likeness (QED) is 0.901. The lowest BCUT2D eigenvalue weighted by Crippen LogP contribution is -2.30. The van der Waals surface area contributed by atoms with Gasteiger partial charge in [0.1, 0.15) is 5.15 Å². The van der Waals surface area contributed by atoms with Crippen LogP contribution in [0.2, 0.25) is 5.15 Å². The molecule has 0 bridgehead atoms. The molecule has 1 atom stereocenters. The number of sulfone groups is 1. The van der Waals surface area contributed by atoms with Crippen molar-refractivity contribution in [3.63, 3.8) is 0 Å². The molecule has 1 aromatic rings. The van der Waals surface area contributed by atoms with Crippen LogP contribution >= 0.6 is 11.6 Å². The molecule has 0 radical (unpaired) electrons. The molecule has 2 heterocycles. The van der Waals surface area contributed by atoms with E-state index in [1.54, 1.807) is 11.7 Å². The molecular weight excluding hydrogens is 274 g/mol. The van der Waals surface area contributed by atoms with Crippen LogP contribution in [0.25, 0.3) is 0 Å². The lowest BCUT2D eigenvalue weighted by atomic mass is 10.2. The van der Waals surface area contributed by atoms with Crippen LogP contribution in [0.1, 0.15) is 24.1 Å². The summed E-state index contributed by atoms with van der Waals surface area (Å²) in [6.45, 7) is 2.95. The van der Waals surface area contributed by atoms with E-state index in [0.717, 1.165) is 24.1 Å². The van der Waals surface area contributed by atoms with Gasteiger partial charge in [-0.1, -0.05) is 11.6 Å². The van der Waals surface area contributed by atoms with Crippen LogP contribution in [-0.4, -0.2) is 35.7 Å². The predicted octanol–water partition coefficient (Wildman–Crippen LogP) is 1.05. The van der Waals surface area contributed by atoms with Crippen LogP contribution < -0.4 is 5.32 Å². The van der Waals surface area contributed by atoms with Gasteiger partial charge in [-0.15, -0.1) is 0 Å². The summed E-state index contributed by atoms with van der Waals surface area (Å²) in [5.74, 6) is 0.325. The summed E-state index contributed by atoms with van der Waals surface area (Å²) in [6.07, 6.45) is 1.54. The van der Waals surface area contributed by atoms with Crippen LogP contribution in [0, 0.1) is 6.92 Å². The number of rotatable bonds is 4. The van der Waals surface area contributed by atoms with E-state index in [2.05, 4.69) is 10.4 Å². The predicted molar refractivity (Wildman–Crippen MR) is 71.5 cm³/mol. The largest absolute Gasteiger partial charge is 0.311 e. The Kier molecular flexibility index (Phi) is 3.99. The molecule has 0 saturated carbocycles. The van der Waals surface area contributed by atoms with E-state index in [-0.39, 0.29) is 5.25 Å². The minimum Gasteiger partial charge on any atom is -0.311 e.